The molecule has 0 saturated heterocycles. The van der Waals surface area contributed by atoms with Crippen molar-refractivity contribution in [1.29, 1.82) is 5.41 Å². The fraction of sp³-hybridized carbons (Fsp3) is 0.545. The van der Waals surface area contributed by atoms with Crippen molar-refractivity contribution in [3.63, 3.8) is 0 Å². The van der Waals surface area contributed by atoms with Crippen LogP contribution in [0.15, 0.2) is 23.9 Å². The van der Waals surface area contributed by atoms with Crippen LogP contribution < -0.4 is 5.32 Å². The smallest absolute Gasteiger partial charge is 0.0195 e. The quantitative estimate of drug-likeness (QED) is 0.503. The third-order valence-corrected chi connectivity index (χ3v) is 2.30. The van der Waals surface area contributed by atoms with Crippen LogP contribution in [-0.4, -0.2) is 12.8 Å². The molecule has 0 radical (unpaired) electrons. The van der Waals surface area contributed by atoms with Crippen LogP contribution in [0, 0.1) is 11.3 Å². The van der Waals surface area contributed by atoms with Gasteiger partial charge in [0, 0.05) is 24.4 Å². The minimum absolute atomic E-state index is 0.510. The molecule has 1 aliphatic rings. The van der Waals surface area contributed by atoms with Crippen LogP contribution in [0.3, 0.4) is 0 Å². The lowest BCUT2D eigenvalue weighted by atomic mass is 9.92. The van der Waals surface area contributed by atoms with Crippen LogP contribution in [0.2, 0.25) is 0 Å². The van der Waals surface area contributed by atoms with Crippen molar-refractivity contribution < 1.29 is 0 Å². The molecule has 0 aromatic rings. The second-order valence-corrected chi connectivity index (χ2v) is 3.28. The van der Waals surface area contributed by atoms with E-state index in [9.17, 15) is 0 Å². The minimum atomic E-state index is 0.510. The highest BCUT2D eigenvalue weighted by atomic mass is 14.9. The molecule has 0 fully saturated rings. The number of rotatable bonds is 4. The van der Waals surface area contributed by atoms with Crippen molar-refractivity contribution in [2.75, 3.05) is 6.54 Å². The Morgan fingerprint density at radius 1 is 1.69 bits per heavy atom. The van der Waals surface area contributed by atoms with Gasteiger partial charge in [-0.25, -0.2) is 0 Å². The van der Waals surface area contributed by atoms with E-state index in [0.717, 1.165) is 6.54 Å². The fourth-order valence-corrected chi connectivity index (χ4v) is 1.68. The lowest BCUT2D eigenvalue weighted by Crippen LogP contribution is -2.20. The van der Waals surface area contributed by atoms with E-state index in [2.05, 4.69) is 24.4 Å². The van der Waals surface area contributed by atoms with Gasteiger partial charge in [-0.2, -0.15) is 0 Å². The van der Waals surface area contributed by atoms with Crippen LogP contribution in [0.4, 0.5) is 0 Å². The number of allylic oxidation sites excluding steroid dienone is 3. The summed E-state index contributed by atoms with van der Waals surface area (Å²) in [6.07, 6.45) is 11.4. The molecule has 2 nitrogen and oxygen atoms in total. The van der Waals surface area contributed by atoms with Crippen molar-refractivity contribution in [3.05, 3.63) is 23.9 Å². The molecule has 0 saturated carbocycles. The normalized spacial score (nSPS) is 22.8. The topological polar surface area (TPSA) is 35.9 Å². The zero-order chi connectivity index (χ0) is 9.52. The van der Waals surface area contributed by atoms with Gasteiger partial charge in [0.2, 0.25) is 0 Å². The largest absolute Gasteiger partial charge is 0.388 e. The molecular formula is C11H18N2. The van der Waals surface area contributed by atoms with Gasteiger partial charge in [-0.15, -0.1) is 0 Å². The Labute approximate surface area is 80.2 Å². The van der Waals surface area contributed by atoms with Gasteiger partial charge in [0.05, 0.1) is 0 Å². The summed E-state index contributed by atoms with van der Waals surface area (Å²) < 4.78 is 0. The molecular weight excluding hydrogens is 160 g/mol. The number of nitrogens with one attached hydrogen (secondary N) is 2. The first-order chi connectivity index (χ1) is 6.38. The molecule has 13 heavy (non-hydrogen) atoms. The van der Waals surface area contributed by atoms with E-state index in [1.165, 1.54) is 31.2 Å². The summed E-state index contributed by atoms with van der Waals surface area (Å²) in [7, 11) is 0. The maximum absolute atomic E-state index is 7.06. The number of hydrogen-bond donors (Lipinski definition) is 2. The van der Waals surface area contributed by atoms with Crippen molar-refractivity contribution in [2.24, 2.45) is 5.92 Å². The Balaban J connectivity index is 2.62. The predicted molar refractivity (Wildman–Crippen MR) is 57.0 cm³/mol. The van der Waals surface area contributed by atoms with Crippen molar-refractivity contribution in [1.82, 2.24) is 5.32 Å². The van der Waals surface area contributed by atoms with Crippen LogP contribution >= 0.6 is 0 Å². The van der Waals surface area contributed by atoms with Gasteiger partial charge >= 0.3 is 0 Å². The lowest BCUT2D eigenvalue weighted by molar-refractivity contribution is 0.569. The van der Waals surface area contributed by atoms with Gasteiger partial charge in [-0.1, -0.05) is 12.2 Å². The van der Waals surface area contributed by atoms with Crippen molar-refractivity contribution >= 4 is 6.21 Å². The Morgan fingerprint density at radius 3 is 3.08 bits per heavy atom. The second kappa shape index (κ2) is 5.57. The molecule has 0 aromatic heterocycles. The van der Waals surface area contributed by atoms with E-state index in [0.29, 0.717) is 5.92 Å². The zero-order valence-corrected chi connectivity index (χ0v) is 8.22. The summed E-state index contributed by atoms with van der Waals surface area (Å²) >= 11 is 0. The fourth-order valence-electron chi connectivity index (χ4n) is 1.68. The Hall–Kier alpha value is -1.05. The molecule has 1 atom stereocenters. The molecule has 1 unspecified atom stereocenters. The van der Waals surface area contributed by atoms with Crippen molar-refractivity contribution in [2.45, 2.75) is 26.2 Å². The predicted octanol–water partition coefficient (Wildman–Crippen LogP) is 2.49. The third kappa shape index (κ3) is 3.05. The Kier molecular flexibility index (Phi) is 4.30. The van der Waals surface area contributed by atoms with E-state index < -0.39 is 0 Å². The van der Waals surface area contributed by atoms with Gasteiger partial charge in [0.25, 0.3) is 0 Å². The highest BCUT2D eigenvalue weighted by Crippen LogP contribution is 2.22. The minimum Gasteiger partial charge on any atom is -0.388 e. The second-order valence-electron chi connectivity index (χ2n) is 3.28. The van der Waals surface area contributed by atoms with E-state index in [-0.39, 0.29) is 0 Å². The molecule has 1 rings (SSSR count). The van der Waals surface area contributed by atoms with Crippen LogP contribution in [0.5, 0.6) is 0 Å². The lowest BCUT2D eigenvalue weighted by Gasteiger charge is -2.20. The van der Waals surface area contributed by atoms with Gasteiger partial charge in [-0.05, 0) is 32.3 Å². The molecule has 0 bridgehead atoms. The summed E-state index contributed by atoms with van der Waals surface area (Å²) in [5, 5.41) is 10.4. The zero-order valence-electron chi connectivity index (χ0n) is 8.22. The van der Waals surface area contributed by atoms with Gasteiger partial charge in [-0.3, -0.25) is 0 Å². The molecule has 1 aliphatic carbocycles. The molecule has 0 heterocycles. The van der Waals surface area contributed by atoms with Crippen LogP contribution in [-0.2, 0) is 0 Å². The highest BCUT2D eigenvalue weighted by Gasteiger charge is 2.11. The molecule has 2 heteroatoms. The summed E-state index contributed by atoms with van der Waals surface area (Å²) in [6.45, 7) is 3.02. The number of hydrogen-bond acceptors (Lipinski definition) is 2. The molecule has 72 valence electrons. The Morgan fingerprint density at radius 2 is 2.54 bits per heavy atom. The van der Waals surface area contributed by atoms with E-state index in [1.54, 1.807) is 0 Å². The highest BCUT2D eigenvalue weighted by molar-refractivity contribution is 5.69. The standard InChI is InChI=1S/C11H18N2/c1-2-13-11(8-9-12)10-6-4-3-5-7-10/h4,6,8-10,12-13H,2-3,5,7H2,1H3/b11-8-,12-9?. The summed E-state index contributed by atoms with van der Waals surface area (Å²) in [5.41, 5.74) is 1.19. The average molecular weight is 178 g/mol. The van der Waals surface area contributed by atoms with E-state index in [4.69, 9.17) is 5.41 Å². The van der Waals surface area contributed by atoms with Crippen LogP contribution in [0.1, 0.15) is 26.2 Å². The molecule has 0 aromatic carbocycles. The first-order valence-electron chi connectivity index (χ1n) is 4.99. The van der Waals surface area contributed by atoms with E-state index in [1.807, 2.05) is 6.08 Å². The SMILES string of the molecule is CCN/C(=C\C=N)C1C=CCCC1. The van der Waals surface area contributed by atoms with E-state index >= 15 is 0 Å². The molecule has 0 amide bonds. The van der Waals surface area contributed by atoms with Crippen LogP contribution in [0.25, 0.3) is 0 Å². The summed E-state index contributed by atoms with van der Waals surface area (Å²) in [6, 6.07) is 0. The third-order valence-electron chi connectivity index (χ3n) is 2.30. The maximum atomic E-state index is 7.06. The Bertz CT molecular complexity index is 216. The first-order valence-corrected chi connectivity index (χ1v) is 4.99. The van der Waals surface area contributed by atoms with Gasteiger partial charge in [0.15, 0.2) is 0 Å². The van der Waals surface area contributed by atoms with Gasteiger partial charge < -0.3 is 10.7 Å². The summed E-state index contributed by atoms with van der Waals surface area (Å²) in [4.78, 5) is 0. The van der Waals surface area contributed by atoms with Gasteiger partial charge in [0.1, 0.15) is 0 Å². The average Bonchev–Trinajstić information content (AvgIpc) is 2.19. The van der Waals surface area contributed by atoms with Crippen molar-refractivity contribution in [3.8, 4) is 0 Å². The molecule has 2 N–H and O–H groups in total. The molecule has 0 spiro atoms. The first kappa shape index (κ1) is 10.0. The monoisotopic (exact) mass is 178 g/mol. The molecule has 0 aliphatic heterocycles. The maximum Gasteiger partial charge on any atom is 0.0195 e. The summed E-state index contributed by atoms with van der Waals surface area (Å²) in [5.74, 6) is 0.510.